The number of anilines is 2. The maximum Gasteiger partial charge on any atom is 0.324 e. The maximum atomic E-state index is 15.3. The Kier molecular flexibility index (Phi) is 11.9. The van der Waals surface area contributed by atoms with E-state index in [0.717, 1.165) is 30.0 Å². The van der Waals surface area contributed by atoms with Crippen molar-refractivity contribution >= 4 is 23.4 Å². The summed E-state index contributed by atoms with van der Waals surface area (Å²) in [5, 5.41) is 12.6. The van der Waals surface area contributed by atoms with E-state index in [2.05, 4.69) is 41.8 Å². The van der Waals surface area contributed by atoms with Gasteiger partial charge in [0.25, 0.3) is 5.91 Å². The molecule has 1 fully saturated rings. The van der Waals surface area contributed by atoms with E-state index in [1.807, 2.05) is 45.0 Å². The maximum absolute atomic E-state index is 15.3. The predicted octanol–water partition coefficient (Wildman–Crippen LogP) is 6.44. The molecule has 0 spiro atoms. The number of halogens is 2. The molecule has 1 saturated heterocycles. The van der Waals surface area contributed by atoms with Crippen molar-refractivity contribution in [1.29, 1.82) is 0 Å². The molecular weight excluding hydrogens is 694 g/mol. The first-order valence-electron chi connectivity index (χ1n) is 17.5. The highest BCUT2D eigenvalue weighted by molar-refractivity contribution is 5.99. The van der Waals surface area contributed by atoms with Gasteiger partial charge in [-0.2, -0.15) is 14.5 Å². The summed E-state index contributed by atoms with van der Waals surface area (Å²) in [5.41, 5.74) is 3.70. The van der Waals surface area contributed by atoms with Crippen molar-refractivity contribution in [3.8, 4) is 29.7 Å². The molecule has 0 unspecified atom stereocenters. The van der Waals surface area contributed by atoms with Crippen LogP contribution < -0.4 is 20.7 Å². The van der Waals surface area contributed by atoms with E-state index in [1.165, 1.54) is 24.4 Å². The van der Waals surface area contributed by atoms with Crippen LogP contribution in [0.4, 0.5) is 25.1 Å². The molecule has 5 aromatic rings. The number of carbonyl (C=O) groups excluding carboxylic acids is 2. The minimum atomic E-state index is -1.33. The third kappa shape index (κ3) is 9.43. The van der Waals surface area contributed by atoms with Gasteiger partial charge in [0.1, 0.15) is 11.6 Å². The molecule has 0 saturated carbocycles. The summed E-state index contributed by atoms with van der Waals surface area (Å²) < 4.78 is 43.1. The van der Waals surface area contributed by atoms with Crippen molar-refractivity contribution in [2.45, 2.75) is 33.1 Å². The number of benzene rings is 3. The summed E-state index contributed by atoms with van der Waals surface area (Å²) in [7, 11) is 0. The molecule has 3 aromatic carbocycles. The Balaban J connectivity index is 1.10. The van der Waals surface area contributed by atoms with Gasteiger partial charge in [0.15, 0.2) is 11.6 Å². The van der Waals surface area contributed by atoms with Gasteiger partial charge in [-0.25, -0.2) is 18.9 Å². The van der Waals surface area contributed by atoms with Crippen molar-refractivity contribution in [2.75, 3.05) is 50.0 Å². The molecule has 12 nitrogen and oxygen atoms in total. The topological polar surface area (TPSA) is 136 Å². The predicted molar refractivity (Wildman–Crippen MR) is 200 cm³/mol. The minimum absolute atomic E-state index is 0.0451. The summed E-state index contributed by atoms with van der Waals surface area (Å²) >= 11 is 0. The average molecular weight is 735 g/mol. The molecule has 14 heteroatoms. The molecule has 6 rings (SSSR count). The number of urea groups is 1. The first-order valence-corrected chi connectivity index (χ1v) is 17.5. The number of nitrogens with one attached hydrogen (secondary N) is 3. The molecule has 3 amide bonds. The largest absolute Gasteiger partial charge is 0.436 e. The highest BCUT2D eigenvalue weighted by Gasteiger charge is 2.20. The van der Waals surface area contributed by atoms with Crippen LogP contribution in [0.15, 0.2) is 72.9 Å². The quantitative estimate of drug-likeness (QED) is 0.125. The summed E-state index contributed by atoms with van der Waals surface area (Å²) in [6, 6.07) is 17.4. The van der Waals surface area contributed by atoms with Gasteiger partial charge in [-0.05, 0) is 60.9 Å². The molecule has 54 heavy (non-hydrogen) atoms. The summed E-state index contributed by atoms with van der Waals surface area (Å²) in [4.78, 5) is 36.8. The van der Waals surface area contributed by atoms with E-state index in [9.17, 15) is 9.59 Å². The van der Waals surface area contributed by atoms with Gasteiger partial charge < -0.3 is 20.1 Å². The third-order valence-corrected chi connectivity index (χ3v) is 8.63. The van der Waals surface area contributed by atoms with Gasteiger partial charge in [-0.1, -0.05) is 37.5 Å². The van der Waals surface area contributed by atoms with Crippen molar-refractivity contribution in [3.63, 3.8) is 0 Å². The van der Waals surface area contributed by atoms with Crippen LogP contribution in [0.25, 0.3) is 5.69 Å². The summed E-state index contributed by atoms with van der Waals surface area (Å²) in [6.45, 7) is 10.1. The van der Waals surface area contributed by atoms with Gasteiger partial charge >= 0.3 is 6.03 Å². The van der Waals surface area contributed by atoms with Crippen LogP contribution in [0.2, 0.25) is 0 Å². The van der Waals surface area contributed by atoms with E-state index < -0.39 is 29.1 Å². The lowest BCUT2D eigenvalue weighted by Crippen LogP contribution is -2.41. The van der Waals surface area contributed by atoms with Gasteiger partial charge in [0.2, 0.25) is 11.7 Å². The third-order valence-electron chi connectivity index (χ3n) is 8.63. The lowest BCUT2D eigenvalue weighted by atomic mass is 10.0. The number of rotatable bonds is 12. The first kappa shape index (κ1) is 37.6. The Bertz CT molecular complexity index is 2180. The Morgan fingerprint density at radius 3 is 2.52 bits per heavy atom. The summed E-state index contributed by atoms with van der Waals surface area (Å²) in [5.74, 6) is -0.114. The molecule has 278 valence electrons. The van der Waals surface area contributed by atoms with E-state index >= 15 is 8.78 Å². The fraction of sp³-hybridized carbons (Fsp3) is 0.275. The molecule has 1 aliphatic rings. The second-order valence-electron chi connectivity index (χ2n) is 13.0. The molecule has 1 aliphatic heterocycles. The van der Waals surface area contributed by atoms with E-state index in [-0.39, 0.29) is 24.1 Å². The second kappa shape index (κ2) is 17.1. The number of morpholine rings is 1. The Morgan fingerprint density at radius 2 is 1.78 bits per heavy atom. The molecule has 3 N–H and O–H groups in total. The van der Waals surface area contributed by atoms with Crippen LogP contribution in [0.3, 0.4) is 0 Å². The van der Waals surface area contributed by atoms with Crippen molar-refractivity contribution < 1.29 is 27.8 Å². The zero-order valence-electron chi connectivity index (χ0n) is 30.2. The second-order valence-corrected chi connectivity index (χ2v) is 13.0. The van der Waals surface area contributed by atoms with E-state index in [4.69, 9.17) is 15.9 Å². The Morgan fingerprint density at radius 1 is 1.00 bits per heavy atom. The molecular formula is C40H40F2N8O4. The number of amides is 3. The number of aromatic nitrogens is 4. The number of aryl methyl sites for hydroxylation is 1. The number of terminal acetylenes is 1. The fourth-order valence-corrected chi connectivity index (χ4v) is 5.71. The molecule has 0 radical (unpaired) electrons. The number of hydrogen-bond donors (Lipinski definition) is 3. The van der Waals surface area contributed by atoms with Crippen LogP contribution >= 0.6 is 0 Å². The standard InChI is InChI=1S/C40H40F2N8O4/c1-5-27-20-28(22-29(21-27)39(51)44-14-15-49-16-18-53-19-17-49)23-34-43-13-12-36(46-34)54-33-11-10-31(37(41)38(33)42)45-40(52)47-35-24-32(25(2)3)48-50(35)30-8-6-26(4)7-9-30/h1,6-13,20-22,24-25H,14-19,23H2,2-4H3,(H,44,51)(H2,45,47,52). The molecule has 3 heterocycles. The van der Waals surface area contributed by atoms with Crippen LogP contribution in [0, 0.1) is 30.9 Å². The van der Waals surface area contributed by atoms with Crippen molar-refractivity contribution in [3.05, 3.63) is 118 Å². The van der Waals surface area contributed by atoms with Gasteiger partial charge in [0.05, 0.1) is 30.3 Å². The highest BCUT2D eigenvalue weighted by Crippen LogP contribution is 2.30. The number of carbonyl (C=O) groups is 2. The Labute approximate surface area is 311 Å². The lowest BCUT2D eigenvalue weighted by molar-refractivity contribution is 0.0383. The molecule has 0 atom stereocenters. The Hall–Kier alpha value is -6.17. The average Bonchev–Trinajstić information content (AvgIpc) is 3.59. The van der Waals surface area contributed by atoms with Crippen LogP contribution in [-0.2, 0) is 11.2 Å². The highest BCUT2D eigenvalue weighted by atomic mass is 19.2. The zero-order chi connectivity index (χ0) is 38.2. The fourth-order valence-electron chi connectivity index (χ4n) is 5.71. The van der Waals surface area contributed by atoms with Crippen LogP contribution in [0.5, 0.6) is 11.6 Å². The summed E-state index contributed by atoms with van der Waals surface area (Å²) in [6.07, 6.45) is 7.28. The number of hydrogen-bond acceptors (Lipinski definition) is 8. The molecule has 2 aromatic heterocycles. The zero-order valence-corrected chi connectivity index (χ0v) is 30.2. The minimum Gasteiger partial charge on any atom is -0.436 e. The SMILES string of the molecule is C#Cc1cc(Cc2nccc(Oc3ccc(NC(=O)Nc4cc(C(C)C)nn4-c4ccc(C)cc4)c(F)c3F)n2)cc(C(=O)NCCN2CCOCC2)c1. The first-order chi connectivity index (χ1) is 26.1. The van der Waals surface area contributed by atoms with Crippen molar-refractivity contribution in [2.24, 2.45) is 0 Å². The van der Waals surface area contributed by atoms with E-state index in [0.29, 0.717) is 54.6 Å². The molecule has 0 bridgehead atoms. The van der Waals surface area contributed by atoms with Gasteiger partial charge in [-0.15, -0.1) is 6.42 Å². The van der Waals surface area contributed by atoms with Crippen molar-refractivity contribution in [1.82, 2.24) is 30.0 Å². The normalized spacial score (nSPS) is 13.0. The lowest BCUT2D eigenvalue weighted by Gasteiger charge is -2.26. The monoisotopic (exact) mass is 734 g/mol. The van der Waals surface area contributed by atoms with Crippen LogP contribution in [-0.4, -0.2) is 76.0 Å². The number of ether oxygens (including phenoxy) is 2. The molecule has 0 aliphatic carbocycles. The number of nitrogens with zero attached hydrogens (tertiary/aromatic N) is 5. The van der Waals surface area contributed by atoms with E-state index in [1.54, 1.807) is 28.9 Å². The smallest absolute Gasteiger partial charge is 0.324 e. The van der Waals surface area contributed by atoms with Gasteiger partial charge in [0, 0.05) is 62.1 Å². The van der Waals surface area contributed by atoms with Gasteiger partial charge in [-0.3, -0.25) is 15.0 Å². The van der Waals surface area contributed by atoms with Crippen LogP contribution in [0.1, 0.15) is 58.3 Å².